The monoisotopic (exact) mass is 278 g/mol. The SMILES string of the molecule is COCCNC(=O)C(C)NC(=O)CSCC(=O)O. The number of rotatable bonds is 9. The number of carbonyl (C=O) groups is 3. The van der Waals surface area contributed by atoms with Crippen molar-refractivity contribution in [3.8, 4) is 0 Å². The minimum atomic E-state index is -0.974. The average molecular weight is 278 g/mol. The van der Waals surface area contributed by atoms with Gasteiger partial charge in [0, 0.05) is 13.7 Å². The lowest BCUT2D eigenvalue weighted by Crippen LogP contribution is -2.46. The van der Waals surface area contributed by atoms with E-state index in [4.69, 9.17) is 9.84 Å². The highest BCUT2D eigenvalue weighted by atomic mass is 32.2. The molecule has 0 saturated heterocycles. The minimum Gasteiger partial charge on any atom is -0.481 e. The summed E-state index contributed by atoms with van der Waals surface area (Å²) in [6.07, 6.45) is 0. The Bertz CT molecular complexity index is 298. The maximum atomic E-state index is 11.5. The van der Waals surface area contributed by atoms with Crippen molar-refractivity contribution in [1.29, 1.82) is 0 Å². The van der Waals surface area contributed by atoms with Gasteiger partial charge in [0.2, 0.25) is 11.8 Å². The van der Waals surface area contributed by atoms with Gasteiger partial charge in [-0.1, -0.05) is 0 Å². The van der Waals surface area contributed by atoms with Gasteiger partial charge in [-0.3, -0.25) is 14.4 Å². The number of carbonyl (C=O) groups excluding carboxylic acids is 2. The van der Waals surface area contributed by atoms with E-state index >= 15 is 0 Å². The lowest BCUT2D eigenvalue weighted by molar-refractivity contribution is -0.134. The highest BCUT2D eigenvalue weighted by molar-refractivity contribution is 8.00. The second-order valence-corrected chi connectivity index (χ2v) is 4.45. The van der Waals surface area contributed by atoms with Gasteiger partial charge in [0.25, 0.3) is 0 Å². The smallest absolute Gasteiger partial charge is 0.313 e. The molecule has 0 aromatic carbocycles. The van der Waals surface area contributed by atoms with Crippen LogP contribution >= 0.6 is 11.8 Å². The maximum Gasteiger partial charge on any atom is 0.313 e. The number of amides is 2. The van der Waals surface area contributed by atoms with Crippen molar-refractivity contribution in [1.82, 2.24) is 10.6 Å². The third kappa shape index (κ3) is 8.82. The van der Waals surface area contributed by atoms with Crippen LogP contribution in [0.5, 0.6) is 0 Å². The fourth-order valence-corrected chi connectivity index (χ4v) is 1.55. The number of ether oxygens (including phenoxy) is 1. The lowest BCUT2D eigenvalue weighted by atomic mass is 10.3. The molecule has 1 unspecified atom stereocenters. The Kier molecular flexibility index (Phi) is 9.03. The Balaban J connectivity index is 3.77. The Morgan fingerprint density at radius 2 is 2.00 bits per heavy atom. The van der Waals surface area contributed by atoms with Crippen LogP contribution in [0.15, 0.2) is 0 Å². The molecule has 0 aromatic heterocycles. The first kappa shape index (κ1) is 16.7. The summed E-state index contributed by atoms with van der Waals surface area (Å²) in [6.45, 7) is 2.34. The number of nitrogens with one attached hydrogen (secondary N) is 2. The van der Waals surface area contributed by atoms with Gasteiger partial charge in [0.05, 0.1) is 18.1 Å². The standard InChI is InChI=1S/C10H18N2O5S/c1-7(10(16)11-3-4-17-2)12-8(13)5-18-6-9(14)15/h7H,3-6H2,1-2H3,(H,11,16)(H,12,13)(H,14,15). The first-order valence-corrected chi connectivity index (χ1v) is 6.48. The number of carboxylic acids is 1. The normalized spacial score (nSPS) is 11.7. The van der Waals surface area contributed by atoms with Gasteiger partial charge in [-0.05, 0) is 6.92 Å². The van der Waals surface area contributed by atoms with Crippen molar-refractivity contribution in [2.24, 2.45) is 0 Å². The van der Waals surface area contributed by atoms with Crippen molar-refractivity contribution in [3.05, 3.63) is 0 Å². The number of carboxylic acid groups (broad SMARTS) is 1. The van der Waals surface area contributed by atoms with Crippen LogP contribution in [0.2, 0.25) is 0 Å². The Morgan fingerprint density at radius 1 is 1.33 bits per heavy atom. The number of hydrogen-bond acceptors (Lipinski definition) is 5. The molecule has 0 fully saturated rings. The van der Waals surface area contributed by atoms with Gasteiger partial charge in [-0.2, -0.15) is 0 Å². The summed E-state index contributed by atoms with van der Waals surface area (Å²) in [4.78, 5) is 33.0. The number of thioether (sulfide) groups is 1. The molecule has 7 nitrogen and oxygen atoms in total. The van der Waals surface area contributed by atoms with Crippen molar-refractivity contribution < 1.29 is 24.2 Å². The van der Waals surface area contributed by atoms with E-state index in [9.17, 15) is 14.4 Å². The maximum absolute atomic E-state index is 11.5. The first-order chi connectivity index (χ1) is 8.47. The number of hydrogen-bond donors (Lipinski definition) is 3. The molecule has 3 N–H and O–H groups in total. The second kappa shape index (κ2) is 9.72. The van der Waals surface area contributed by atoms with E-state index in [1.54, 1.807) is 6.92 Å². The summed E-state index contributed by atoms with van der Waals surface area (Å²) in [5.41, 5.74) is 0. The Hall–Kier alpha value is -1.28. The van der Waals surface area contributed by atoms with E-state index in [1.165, 1.54) is 7.11 Å². The molecule has 18 heavy (non-hydrogen) atoms. The van der Waals surface area contributed by atoms with Gasteiger partial charge >= 0.3 is 5.97 Å². The highest BCUT2D eigenvalue weighted by Gasteiger charge is 2.15. The third-order valence-electron chi connectivity index (χ3n) is 1.83. The quantitative estimate of drug-likeness (QED) is 0.471. The highest BCUT2D eigenvalue weighted by Crippen LogP contribution is 1.98. The predicted molar refractivity (Wildman–Crippen MR) is 67.5 cm³/mol. The fourth-order valence-electron chi connectivity index (χ4n) is 1.01. The zero-order valence-electron chi connectivity index (χ0n) is 10.4. The van der Waals surface area contributed by atoms with Gasteiger partial charge in [-0.25, -0.2) is 0 Å². The summed E-state index contributed by atoms with van der Waals surface area (Å²) in [5.74, 6) is -1.76. The van der Waals surface area contributed by atoms with Crippen LogP contribution in [-0.4, -0.2) is 60.7 Å². The van der Waals surface area contributed by atoms with Crippen LogP contribution in [-0.2, 0) is 19.1 Å². The van der Waals surface area contributed by atoms with Gasteiger partial charge < -0.3 is 20.5 Å². The van der Waals surface area contributed by atoms with E-state index < -0.39 is 12.0 Å². The molecule has 8 heteroatoms. The molecule has 0 rings (SSSR count). The molecular formula is C10H18N2O5S. The third-order valence-corrected chi connectivity index (χ3v) is 2.75. The fraction of sp³-hybridized carbons (Fsp3) is 0.700. The summed E-state index contributed by atoms with van der Waals surface area (Å²) >= 11 is 0.981. The van der Waals surface area contributed by atoms with Gasteiger partial charge in [0.1, 0.15) is 6.04 Å². The largest absolute Gasteiger partial charge is 0.481 e. The molecule has 0 bridgehead atoms. The summed E-state index contributed by atoms with van der Waals surface area (Å²) in [6, 6.07) is -0.653. The van der Waals surface area contributed by atoms with E-state index in [0.29, 0.717) is 13.2 Å². The zero-order valence-corrected chi connectivity index (χ0v) is 11.2. The molecule has 0 spiro atoms. The van der Waals surface area contributed by atoms with Gasteiger partial charge in [-0.15, -0.1) is 11.8 Å². The van der Waals surface area contributed by atoms with Gasteiger partial charge in [0.15, 0.2) is 0 Å². The van der Waals surface area contributed by atoms with E-state index in [1.807, 2.05) is 0 Å². The van der Waals surface area contributed by atoms with E-state index in [2.05, 4.69) is 10.6 Å². The van der Waals surface area contributed by atoms with Crippen molar-refractivity contribution in [3.63, 3.8) is 0 Å². The molecule has 0 radical (unpaired) electrons. The van der Waals surface area contributed by atoms with Crippen LogP contribution in [0.25, 0.3) is 0 Å². The van der Waals surface area contributed by atoms with E-state index in [-0.39, 0.29) is 23.3 Å². The molecule has 0 aliphatic carbocycles. The number of aliphatic carboxylic acids is 1. The lowest BCUT2D eigenvalue weighted by Gasteiger charge is -2.13. The molecule has 0 heterocycles. The van der Waals surface area contributed by atoms with Crippen LogP contribution < -0.4 is 10.6 Å². The Labute approximate surface area is 110 Å². The zero-order chi connectivity index (χ0) is 14.0. The van der Waals surface area contributed by atoms with Crippen LogP contribution in [0, 0.1) is 0 Å². The van der Waals surface area contributed by atoms with Crippen LogP contribution in [0.1, 0.15) is 6.92 Å². The Morgan fingerprint density at radius 3 is 2.56 bits per heavy atom. The second-order valence-electron chi connectivity index (χ2n) is 3.46. The van der Waals surface area contributed by atoms with Crippen molar-refractivity contribution >= 4 is 29.5 Å². The van der Waals surface area contributed by atoms with E-state index in [0.717, 1.165) is 11.8 Å². The first-order valence-electron chi connectivity index (χ1n) is 5.33. The molecule has 0 aromatic rings. The summed E-state index contributed by atoms with van der Waals surface area (Å²) in [5, 5.41) is 13.4. The topological polar surface area (TPSA) is 105 Å². The molecule has 1 atom stereocenters. The van der Waals surface area contributed by atoms with Crippen LogP contribution in [0.3, 0.4) is 0 Å². The van der Waals surface area contributed by atoms with Crippen molar-refractivity contribution in [2.45, 2.75) is 13.0 Å². The molecule has 0 saturated carbocycles. The molecule has 0 aliphatic heterocycles. The minimum absolute atomic E-state index is 0.0159. The molecule has 2 amide bonds. The molecular weight excluding hydrogens is 260 g/mol. The number of methoxy groups -OCH3 is 1. The van der Waals surface area contributed by atoms with Crippen LogP contribution in [0.4, 0.5) is 0 Å². The molecule has 0 aliphatic rings. The predicted octanol–water partition coefficient (Wildman–Crippen LogP) is -0.928. The van der Waals surface area contributed by atoms with Crippen molar-refractivity contribution in [2.75, 3.05) is 31.8 Å². The molecule has 104 valence electrons. The average Bonchev–Trinajstić information content (AvgIpc) is 2.28. The summed E-state index contributed by atoms with van der Waals surface area (Å²) in [7, 11) is 1.52. The summed E-state index contributed by atoms with van der Waals surface area (Å²) < 4.78 is 4.77.